The maximum Gasteiger partial charge on any atom is 0.121 e. The monoisotopic (exact) mass is 374 g/mol. The molecule has 0 saturated heterocycles. The lowest BCUT2D eigenvalue weighted by Gasteiger charge is -2.12. The Morgan fingerprint density at radius 3 is 2.61 bits per heavy atom. The number of ether oxygens (including phenoxy) is 1. The third-order valence-corrected chi connectivity index (χ3v) is 3.59. The number of hydrogen-bond donors (Lipinski definition) is 2. The Balaban J connectivity index is 2.33. The second-order valence-corrected chi connectivity index (χ2v) is 5.30. The zero-order valence-corrected chi connectivity index (χ0v) is 12.6. The minimum absolute atomic E-state index is 0.668. The summed E-state index contributed by atoms with van der Waals surface area (Å²) in [5.41, 5.74) is 8.37. The molecule has 0 aromatic heterocycles. The number of nitrogen functional groups attached to an aromatic ring is 1. The molecule has 94 valence electrons. The lowest BCUT2D eigenvalue weighted by Crippen LogP contribution is -1.98. The van der Waals surface area contributed by atoms with Crippen molar-refractivity contribution in [2.45, 2.75) is 0 Å². The van der Waals surface area contributed by atoms with Gasteiger partial charge in [0.2, 0.25) is 0 Å². The van der Waals surface area contributed by atoms with Crippen molar-refractivity contribution in [2.24, 2.45) is 0 Å². The number of anilines is 3. The molecule has 5 heteroatoms. The average Bonchev–Trinajstić information content (AvgIpc) is 2.35. The lowest BCUT2D eigenvalue weighted by molar-refractivity contribution is 0.415. The van der Waals surface area contributed by atoms with Gasteiger partial charge in [0.05, 0.1) is 24.2 Å². The third kappa shape index (κ3) is 3.00. The Labute approximate surface area is 124 Å². The Morgan fingerprint density at radius 1 is 1.17 bits per heavy atom. The second-order valence-electron chi connectivity index (χ2n) is 3.70. The fourth-order valence-corrected chi connectivity index (χ4v) is 2.51. The normalized spacial score (nSPS) is 10.2. The van der Waals surface area contributed by atoms with Crippen LogP contribution < -0.4 is 15.8 Å². The Hall–Kier alpha value is -1.14. The van der Waals surface area contributed by atoms with Gasteiger partial charge in [0.15, 0.2) is 0 Å². The van der Waals surface area contributed by atoms with Gasteiger partial charge in [-0.1, -0.05) is 11.6 Å². The molecule has 0 aliphatic rings. The zero-order valence-electron chi connectivity index (χ0n) is 9.71. The molecule has 0 aliphatic heterocycles. The van der Waals surface area contributed by atoms with Crippen molar-refractivity contribution in [3.05, 3.63) is 45.0 Å². The quantitative estimate of drug-likeness (QED) is 0.623. The molecule has 0 bridgehead atoms. The minimum Gasteiger partial charge on any atom is -0.497 e. The van der Waals surface area contributed by atoms with Crippen molar-refractivity contribution < 1.29 is 4.74 Å². The molecular formula is C13H12ClIN2O. The summed E-state index contributed by atoms with van der Waals surface area (Å²) in [6, 6.07) is 11.1. The van der Waals surface area contributed by atoms with Crippen molar-refractivity contribution in [1.29, 1.82) is 0 Å². The number of nitrogens with two attached hydrogens (primary N) is 1. The summed E-state index contributed by atoms with van der Waals surface area (Å²) in [6.45, 7) is 0. The lowest BCUT2D eigenvalue weighted by atomic mass is 10.2. The molecule has 2 rings (SSSR count). The summed E-state index contributed by atoms with van der Waals surface area (Å²) in [6.07, 6.45) is 0. The van der Waals surface area contributed by atoms with Gasteiger partial charge in [-0.3, -0.25) is 0 Å². The van der Waals surface area contributed by atoms with Gasteiger partial charge >= 0.3 is 0 Å². The van der Waals surface area contributed by atoms with E-state index in [9.17, 15) is 0 Å². The van der Waals surface area contributed by atoms with E-state index < -0.39 is 0 Å². The van der Waals surface area contributed by atoms with E-state index >= 15 is 0 Å². The summed E-state index contributed by atoms with van der Waals surface area (Å²) >= 11 is 8.15. The summed E-state index contributed by atoms with van der Waals surface area (Å²) in [4.78, 5) is 0. The summed E-state index contributed by atoms with van der Waals surface area (Å²) < 4.78 is 6.21. The van der Waals surface area contributed by atoms with Gasteiger partial charge in [-0.15, -0.1) is 0 Å². The highest BCUT2D eigenvalue weighted by atomic mass is 127. The van der Waals surface area contributed by atoms with Crippen LogP contribution in [0.1, 0.15) is 0 Å². The molecule has 0 unspecified atom stereocenters. The topological polar surface area (TPSA) is 47.3 Å². The van der Waals surface area contributed by atoms with E-state index in [1.54, 1.807) is 7.11 Å². The first-order chi connectivity index (χ1) is 8.60. The van der Waals surface area contributed by atoms with Gasteiger partial charge in [-0.25, -0.2) is 0 Å². The van der Waals surface area contributed by atoms with E-state index in [0.29, 0.717) is 10.7 Å². The predicted molar refractivity (Wildman–Crippen MR) is 84.9 cm³/mol. The highest BCUT2D eigenvalue weighted by molar-refractivity contribution is 14.1. The summed E-state index contributed by atoms with van der Waals surface area (Å²) in [5.74, 6) is 0.760. The first-order valence-electron chi connectivity index (χ1n) is 5.26. The number of benzene rings is 2. The van der Waals surface area contributed by atoms with Crippen LogP contribution in [0.5, 0.6) is 5.75 Å². The van der Waals surface area contributed by atoms with E-state index in [-0.39, 0.29) is 0 Å². The van der Waals surface area contributed by atoms with Gasteiger partial charge in [0.25, 0.3) is 0 Å². The van der Waals surface area contributed by atoms with Crippen LogP contribution >= 0.6 is 34.2 Å². The molecular weight excluding hydrogens is 363 g/mol. The molecule has 3 nitrogen and oxygen atoms in total. The van der Waals surface area contributed by atoms with Crippen molar-refractivity contribution in [3.63, 3.8) is 0 Å². The summed E-state index contributed by atoms with van der Waals surface area (Å²) in [5, 5.41) is 3.98. The Kier molecular flexibility index (Phi) is 4.19. The van der Waals surface area contributed by atoms with Crippen LogP contribution in [0.15, 0.2) is 36.4 Å². The standard InChI is InChI=1S/C13H12ClIN2O/c1-18-9-3-4-11(16)13(7-9)17-12-5-2-8(14)6-10(12)15/h2-7,17H,16H2,1H3. The first-order valence-corrected chi connectivity index (χ1v) is 6.71. The van der Waals surface area contributed by atoms with E-state index in [1.807, 2.05) is 36.4 Å². The Morgan fingerprint density at radius 2 is 1.94 bits per heavy atom. The molecule has 0 heterocycles. The fourth-order valence-electron chi connectivity index (χ4n) is 1.51. The van der Waals surface area contributed by atoms with Crippen LogP contribution in [-0.4, -0.2) is 7.11 Å². The number of methoxy groups -OCH3 is 1. The van der Waals surface area contributed by atoms with E-state index in [2.05, 4.69) is 27.9 Å². The average molecular weight is 375 g/mol. The Bertz CT molecular complexity index is 575. The van der Waals surface area contributed by atoms with Crippen molar-refractivity contribution >= 4 is 51.3 Å². The van der Waals surface area contributed by atoms with Crippen LogP contribution in [0.2, 0.25) is 5.02 Å². The minimum atomic E-state index is 0.668. The molecule has 0 radical (unpaired) electrons. The number of halogens is 2. The van der Waals surface area contributed by atoms with Crippen molar-refractivity contribution in [1.82, 2.24) is 0 Å². The maximum atomic E-state index is 5.93. The highest BCUT2D eigenvalue weighted by Crippen LogP contribution is 2.30. The fraction of sp³-hybridized carbons (Fsp3) is 0.0769. The van der Waals surface area contributed by atoms with Crippen LogP contribution in [0.4, 0.5) is 17.1 Å². The highest BCUT2D eigenvalue weighted by Gasteiger charge is 2.05. The second kappa shape index (κ2) is 5.67. The van der Waals surface area contributed by atoms with Gasteiger partial charge < -0.3 is 15.8 Å². The molecule has 2 aromatic rings. The molecule has 18 heavy (non-hydrogen) atoms. The van der Waals surface area contributed by atoms with Crippen LogP contribution in [0, 0.1) is 3.57 Å². The molecule has 0 amide bonds. The molecule has 2 aromatic carbocycles. The maximum absolute atomic E-state index is 5.93. The molecule has 0 spiro atoms. The summed E-state index contributed by atoms with van der Waals surface area (Å²) in [7, 11) is 1.63. The largest absolute Gasteiger partial charge is 0.497 e. The smallest absolute Gasteiger partial charge is 0.121 e. The van der Waals surface area contributed by atoms with Gasteiger partial charge in [0.1, 0.15) is 5.75 Å². The van der Waals surface area contributed by atoms with Gasteiger partial charge in [-0.2, -0.15) is 0 Å². The van der Waals surface area contributed by atoms with Crippen molar-refractivity contribution in [3.8, 4) is 5.75 Å². The van der Waals surface area contributed by atoms with Crippen LogP contribution in [0.25, 0.3) is 0 Å². The predicted octanol–water partition coefficient (Wildman–Crippen LogP) is 4.28. The molecule has 0 aliphatic carbocycles. The molecule has 0 saturated carbocycles. The molecule has 0 atom stereocenters. The van der Waals surface area contributed by atoms with E-state index in [4.69, 9.17) is 22.1 Å². The first kappa shape index (κ1) is 13.3. The van der Waals surface area contributed by atoms with E-state index in [1.165, 1.54) is 0 Å². The van der Waals surface area contributed by atoms with Crippen molar-refractivity contribution in [2.75, 3.05) is 18.2 Å². The molecule has 3 N–H and O–H groups in total. The zero-order chi connectivity index (χ0) is 13.1. The number of nitrogens with one attached hydrogen (secondary N) is 1. The van der Waals surface area contributed by atoms with E-state index in [0.717, 1.165) is 20.7 Å². The number of rotatable bonds is 3. The SMILES string of the molecule is COc1ccc(N)c(Nc2ccc(Cl)cc2I)c1. The van der Waals surface area contributed by atoms with Gasteiger partial charge in [0, 0.05) is 14.7 Å². The molecule has 0 fully saturated rings. The van der Waals surface area contributed by atoms with Crippen LogP contribution in [-0.2, 0) is 0 Å². The third-order valence-electron chi connectivity index (χ3n) is 2.46. The van der Waals surface area contributed by atoms with Crippen LogP contribution in [0.3, 0.4) is 0 Å². The van der Waals surface area contributed by atoms with Gasteiger partial charge in [-0.05, 0) is 52.9 Å². The number of hydrogen-bond acceptors (Lipinski definition) is 3.